The van der Waals surface area contributed by atoms with Crippen molar-refractivity contribution in [2.75, 3.05) is 16.0 Å². The van der Waals surface area contributed by atoms with Crippen molar-refractivity contribution in [1.82, 2.24) is 5.32 Å². The largest absolute Gasteiger partial charge is 0.333 e. The van der Waals surface area contributed by atoms with Crippen LogP contribution < -0.4 is 21.3 Å². The fraction of sp³-hybridized carbons (Fsp3) is 0.263. The van der Waals surface area contributed by atoms with Crippen LogP contribution in [-0.2, 0) is 0 Å². The zero-order chi connectivity index (χ0) is 18.4. The van der Waals surface area contributed by atoms with E-state index < -0.39 is 0 Å². The van der Waals surface area contributed by atoms with Crippen molar-refractivity contribution < 1.29 is 9.59 Å². The van der Waals surface area contributed by atoms with Gasteiger partial charge in [0.25, 0.3) is 0 Å². The second kappa shape index (κ2) is 7.70. The average Bonchev–Trinajstić information content (AvgIpc) is 2.49. The van der Waals surface area contributed by atoms with E-state index in [1.807, 2.05) is 52.0 Å². The first-order valence-corrected chi connectivity index (χ1v) is 8.06. The smallest absolute Gasteiger partial charge is 0.323 e. The summed E-state index contributed by atoms with van der Waals surface area (Å²) in [6.07, 6.45) is 0. The van der Waals surface area contributed by atoms with Gasteiger partial charge in [0, 0.05) is 22.6 Å². The molecule has 0 spiro atoms. The third kappa shape index (κ3) is 6.18. The summed E-state index contributed by atoms with van der Waals surface area (Å²) in [6.45, 7) is 7.61. The molecule has 6 nitrogen and oxygen atoms in total. The van der Waals surface area contributed by atoms with Crippen LogP contribution in [0.3, 0.4) is 0 Å². The number of rotatable bonds is 3. The highest BCUT2D eigenvalue weighted by atomic mass is 16.2. The summed E-state index contributed by atoms with van der Waals surface area (Å²) in [6, 6.07) is 13.9. The highest BCUT2D eigenvalue weighted by molar-refractivity contribution is 6.00. The third-order valence-corrected chi connectivity index (χ3v) is 3.26. The Bertz CT molecular complexity index is 752. The van der Waals surface area contributed by atoms with Crippen molar-refractivity contribution in [2.24, 2.45) is 0 Å². The molecule has 0 aliphatic rings. The van der Waals surface area contributed by atoms with E-state index >= 15 is 0 Å². The van der Waals surface area contributed by atoms with E-state index in [0.29, 0.717) is 17.1 Å². The minimum Gasteiger partial charge on any atom is -0.333 e. The van der Waals surface area contributed by atoms with Crippen molar-refractivity contribution in [3.8, 4) is 0 Å². The molecule has 6 heteroatoms. The quantitative estimate of drug-likeness (QED) is 0.660. The SMILES string of the molecule is Cc1ccc(NC(=O)Nc2ccccc2)cc1NC(=O)NC(C)(C)C. The summed E-state index contributed by atoms with van der Waals surface area (Å²) >= 11 is 0. The second-order valence-electron chi connectivity index (χ2n) is 6.80. The van der Waals surface area contributed by atoms with Gasteiger partial charge in [-0.2, -0.15) is 0 Å². The lowest BCUT2D eigenvalue weighted by molar-refractivity contribution is 0.243. The molecule has 0 aliphatic heterocycles. The van der Waals surface area contributed by atoms with Gasteiger partial charge in [-0.15, -0.1) is 0 Å². The van der Waals surface area contributed by atoms with Gasteiger partial charge in [0.2, 0.25) is 0 Å². The molecule has 0 aliphatic carbocycles. The first-order valence-electron chi connectivity index (χ1n) is 8.06. The molecular formula is C19H24N4O2. The van der Waals surface area contributed by atoms with E-state index in [0.717, 1.165) is 5.56 Å². The molecular weight excluding hydrogens is 316 g/mol. The van der Waals surface area contributed by atoms with E-state index in [1.54, 1.807) is 24.3 Å². The molecule has 25 heavy (non-hydrogen) atoms. The standard InChI is InChI=1S/C19H24N4O2/c1-13-10-11-15(12-16(13)22-18(25)23-19(2,3)4)21-17(24)20-14-8-6-5-7-9-14/h5-12H,1-4H3,(H2,20,21,24)(H2,22,23,25). The van der Waals surface area contributed by atoms with Gasteiger partial charge in [-0.25, -0.2) is 9.59 Å². The minimum atomic E-state index is -0.347. The van der Waals surface area contributed by atoms with E-state index in [9.17, 15) is 9.59 Å². The summed E-state index contributed by atoms with van der Waals surface area (Å²) < 4.78 is 0. The monoisotopic (exact) mass is 340 g/mol. The summed E-state index contributed by atoms with van der Waals surface area (Å²) in [5.41, 5.74) is 2.50. The van der Waals surface area contributed by atoms with Crippen LogP contribution in [0.2, 0.25) is 0 Å². The Labute approximate surface area is 148 Å². The molecule has 0 bridgehead atoms. The topological polar surface area (TPSA) is 82.3 Å². The Morgan fingerprint density at radius 1 is 0.800 bits per heavy atom. The lowest BCUT2D eigenvalue weighted by Gasteiger charge is -2.21. The number of carbonyl (C=O) groups is 2. The van der Waals surface area contributed by atoms with Crippen LogP contribution in [0.15, 0.2) is 48.5 Å². The lowest BCUT2D eigenvalue weighted by atomic mass is 10.1. The summed E-state index contributed by atoms with van der Waals surface area (Å²) in [7, 11) is 0. The molecule has 2 aromatic carbocycles. The molecule has 0 aromatic heterocycles. The number of para-hydroxylation sites is 1. The van der Waals surface area contributed by atoms with Gasteiger partial charge in [-0.05, 0) is 57.5 Å². The van der Waals surface area contributed by atoms with Gasteiger partial charge in [0.1, 0.15) is 0 Å². The number of hydrogen-bond acceptors (Lipinski definition) is 2. The maximum Gasteiger partial charge on any atom is 0.323 e. The molecule has 0 heterocycles. The highest BCUT2D eigenvalue weighted by Gasteiger charge is 2.14. The third-order valence-electron chi connectivity index (χ3n) is 3.26. The van der Waals surface area contributed by atoms with Crippen LogP contribution in [0.1, 0.15) is 26.3 Å². The van der Waals surface area contributed by atoms with E-state index in [1.165, 1.54) is 0 Å². The number of carbonyl (C=O) groups excluding carboxylic acids is 2. The number of amides is 4. The molecule has 0 unspecified atom stereocenters. The Morgan fingerprint density at radius 2 is 1.44 bits per heavy atom. The van der Waals surface area contributed by atoms with E-state index in [-0.39, 0.29) is 17.6 Å². The van der Waals surface area contributed by atoms with Crippen LogP contribution in [0.5, 0.6) is 0 Å². The van der Waals surface area contributed by atoms with E-state index in [4.69, 9.17) is 0 Å². The van der Waals surface area contributed by atoms with Gasteiger partial charge < -0.3 is 21.3 Å². The number of hydrogen-bond donors (Lipinski definition) is 4. The van der Waals surface area contributed by atoms with Gasteiger partial charge >= 0.3 is 12.1 Å². The highest BCUT2D eigenvalue weighted by Crippen LogP contribution is 2.21. The van der Waals surface area contributed by atoms with Gasteiger partial charge in [0.05, 0.1) is 0 Å². The summed E-state index contributed by atoms with van der Waals surface area (Å²) in [4.78, 5) is 24.1. The Kier molecular flexibility index (Phi) is 5.64. The van der Waals surface area contributed by atoms with Crippen LogP contribution in [0, 0.1) is 6.92 Å². The predicted octanol–water partition coefficient (Wildman–Crippen LogP) is 4.56. The molecule has 4 N–H and O–H groups in total. The van der Waals surface area contributed by atoms with Crippen molar-refractivity contribution in [2.45, 2.75) is 33.2 Å². The fourth-order valence-corrected chi connectivity index (χ4v) is 2.14. The Hall–Kier alpha value is -3.02. The number of urea groups is 2. The number of nitrogens with one attached hydrogen (secondary N) is 4. The van der Waals surface area contributed by atoms with Crippen LogP contribution in [-0.4, -0.2) is 17.6 Å². The first kappa shape index (κ1) is 18.3. The molecule has 0 atom stereocenters. The van der Waals surface area contributed by atoms with E-state index in [2.05, 4.69) is 21.3 Å². The average molecular weight is 340 g/mol. The number of anilines is 3. The molecule has 0 radical (unpaired) electrons. The Morgan fingerprint density at radius 3 is 2.08 bits per heavy atom. The van der Waals surface area contributed by atoms with Crippen molar-refractivity contribution >= 4 is 29.1 Å². The molecule has 132 valence electrons. The molecule has 2 rings (SSSR count). The maximum atomic E-state index is 12.1. The minimum absolute atomic E-state index is 0.290. The fourth-order valence-electron chi connectivity index (χ4n) is 2.14. The maximum absolute atomic E-state index is 12.1. The summed E-state index contributed by atoms with van der Waals surface area (Å²) in [5, 5.41) is 11.2. The number of benzene rings is 2. The molecule has 0 fully saturated rings. The van der Waals surface area contributed by atoms with Gasteiger partial charge in [-0.1, -0.05) is 24.3 Å². The molecule has 4 amide bonds. The number of aryl methyl sites for hydroxylation is 1. The molecule has 0 saturated carbocycles. The molecule has 2 aromatic rings. The van der Waals surface area contributed by atoms with Crippen LogP contribution >= 0.6 is 0 Å². The van der Waals surface area contributed by atoms with Crippen LogP contribution in [0.25, 0.3) is 0 Å². The Balaban J connectivity index is 2.03. The summed E-state index contributed by atoms with van der Waals surface area (Å²) in [5.74, 6) is 0. The normalized spacial score (nSPS) is 10.7. The van der Waals surface area contributed by atoms with Crippen molar-refractivity contribution in [3.63, 3.8) is 0 Å². The lowest BCUT2D eigenvalue weighted by Crippen LogP contribution is -2.43. The second-order valence-corrected chi connectivity index (χ2v) is 6.80. The zero-order valence-corrected chi connectivity index (χ0v) is 14.9. The first-order chi connectivity index (χ1) is 11.7. The van der Waals surface area contributed by atoms with Crippen molar-refractivity contribution in [3.05, 3.63) is 54.1 Å². The predicted molar refractivity (Wildman–Crippen MR) is 102 cm³/mol. The van der Waals surface area contributed by atoms with Gasteiger partial charge in [0.15, 0.2) is 0 Å². The van der Waals surface area contributed by atoms with Crippen molar-refractivity contribution in [1.29, 1.82) is 0 Å². The van der Waals surface area contributed by atoms with Crippen LogP contribution in [0.4, 0.5) is 26.7 Å². The zero-order valence-electron chi connectivity index (χ0n) is 14.9. The molecule has 0 saturated heterocycles. The van der Waals surface area contributed by atoms with Gasteiger partial charge in [-0.3, -0.25) is 0 Å².